The summed E-state index contributed by atoms with van der Waals surface area (Å²) in [5.41, 5.74) is 0.514. The molecule has 1 fully saturated rings. The molecule has 1 aromatic carbocycles. The second kappa shape index (κ2) is 7.74. The first-order valence-corrected chi connectivity index (χ1v) is 8.27. The van der Waals surface area contributed by atoms with E-state index in [1.165, 1.54) is 14.2 Å². The van der Waals surface area contributed by atoms with Gasteiger partial charge < -0.3 is 25.0 Å². The molecule has 1 atom stereocenters. The minimum Gasteiger partial charge on any atom is -0.493 e. The second-order valence-corrected chi connectivity index (χ2v) is 7.04. The van der Waals surface area contributed by atoms with E-state index in [1.807, 2.05) is 0 Å². The molecule has 0 bridgehead atoms. The van der Waals surface area contributed by atoms with Crippen molar-refractivity contribution in [3.8, 4) is 11.5 Å². The molecular weight excluding hydrogens is 322 g/mol. The number of ether oxygens (including phenoxy) is 2. The Balaban J connectivity index is 2.09. The van der Waals surface area contributed by atoms with Crippen LogP contribution in [0.15, 0.2) is 18.2 Å². The van der Waals surface area contributed by atoms with Crippen LogP contribution in [0.4, 0.5) is 0 Å². The van der Waals surface area contributed by atoms with Crippen molar-refractivity contribution in [3.05, 3.63) is 23.8 Å². The molecule has 2 amide bonds. The maximum atomic E-state index is 12.6. The zero-order valence-corrected chi connectivity index (χ0v) is 15.5. The summed E-state index contributed by atoms with van der Waals surface area (Å²) in [4.78, 5) is 26.1. The van der Waals surface area contributed by atoms with Gasteiger partial charge >= 0.3 is 0 Å². The van der Waals surface area contributed by atoms with Crippen LogP contribution in [0.25, 0.3) is 0 Å². The van der Waals surface area contributed by atoms with Crippen LogP contribution in [-0.4, -0.2) is 63.7 Å². The Labute approximate surface area is 148 Å². The molecule has 0 aliphatic carbocycles. The zero-order chi connectivity index (χ0) is 18.6. The van der Waals surface area contributed by atoms with E-state index in [0.29, 0.717) is 17.1 Å². The number of likely N-dealkylation sites (tertiary alicyclic amines) is 1. The molecule has 0 saturated carbocycles. The summed E-state index contributed by atoms with van der Waals surface area (Å²) in [6, 6.07) is 5.02. The number of nitrogens with zero attached hydrogens (tertiary/aromatic N) is 1. The van der Waals surface area contributed by atoms with Crippen LogP contribution in [-0.2, 0) is 4.79 Å². The Morgan fingerprint density at radius 1 is 1.32 bits per heavy atom. The third-order valence-corrected chi connectivity index (χ3v) is 4.48. The lowest BCUT2D eigenvalue weighted by molar-refractivity contribution is -0.122. The molecular formula is C18H27N3O4. The van der Waals surface area contributed by atoms with Crippen molar-refractivity contribution in [1.82, 2.24) is 15.5 Å². The van der Waals surface area contributed by atoms with Crippen molar-refractivity contribution in [3.63, 3.8) is 0 Å². The highest BCUT2D eigenvalue weighted by Crippen LogP contribution is 2.30. The Morgan fingerprint density at radius 2 is 2.04 bits per heavy atom. The highest BCUT2D eigenvalue weighted by atomic mass is 16.5. The fraction of sp³-hybridized carbons (Fsp3) is 0.556. The molecule has 0 spiro atoms. The number of carbonyl (C=O) groups excluding carboxylic acids is 2. The number of benzene rings is 1. The molecule has 25 heavy (non-hydrogen) atoms. The van der Waals surface area contributed by atoms with Crippen LogP contribution in [0.2, 0.25) is 0 Å². The summed E-state index contributed by atoms with van der Waals surface area (Å²) in [5, 5.41) is 5.59. The van der Waals surface area contributed by atoms with Gasteiger partial charge in [-0.1, -0.05) is 13.8 Å². The molecule has 2 N–H and O–H groups in total. The molecule has 2 rings (SSSR count). The average Bonchev–Trinajstić information content (AvgIpc) is 2.83. The molecule has 138 valence electrons. The van der Waals surface area contributed by atoms with Gasteiger partial charge in [0.2, 0.25) is 0 Å². The number of hydrogen-bond acceptors (Lipinski definition) is 5. The van der Waals surface area contributed by atoms with Crippen LogP contribution < -0.4 is 20.1 Å². The smallest absolute Gasteiger partial charge is 0.257 e. The van der Waals surface area contributed by atoms with Gasteiger partial charge in [-0.3, -0.25) is 9.59 Å². The lowest BCUT2D eigenvalue weighted by Crippen LogP contribution is -2.44. The largest absolute Gasteiger partial charge is 0.493 e. The molecule has 7 heteroatoms. The first kappa shape index (κ1) is 19.1. The van der Waals surface area contributed by atoms with E-state index >= 15 is 0 Å². The van der Waals surface area contributed by atoms with Crippen molar-refractivity contribution >= 4 is 11.8 Å². The van der Waals surface area contributed by atoms with Crippen LogP contribution in [0, 0.1) is 5.41 Å². The lowest BCUT2D eigenvalue weighted by Gasteiger charge is -2.26. The molecule has 1 aromatic rings. The van der Waals surface area contributed by atoms with E-state index < -0.39 is 0 Å². The van der Waals surface area contributed by atoms with Crippen molar-refractivity contribution < 1.29 is 19.1 Å². The van der Waals surface area contributed by atoms with Gasteiger partial charge in [0, 0.05) is 31.7 Å². The maximum Gasteiger partial charge on any atom is 0.257 e. The quantitative estimate of drug-likeness (QED) is 0.797. The summed E-state index contributed by atoms with van der Waals surface area (Å²) >= 11 is 0. The number of nitrogens with one attached hydrogen (secondary N) is 2. The number of rotatable bonds is 6. The Hall–Kier alpha value is -2.28. The zero-order valence-electron chi connectivity index (χ0n) is 15.5. The number of amides is 2. The molecule has 0 radical (unpaired) electrons. The van der Waals surface area contributed by atoms with E-state index in [2.05, 4.69) is 36.4 Å². The number of methoxy groups -OCH3 is 1. The molecule has 1 unspecified atom stereocenters. The Bertz CT molecular complexity index is 645. The van der Waals surface area contributed by atoms with Crippen molar-refractivity contribution in [2.45, 2.75) is 19.9 Å². The lowest BCUT2D eigenvalue weighted by atomic mass is 9.87. The maximum absolute atomic E-state index is 12.6. The fourth-order valence-electron chi connectivity index (χ4n) is 3.06. The number of likely N-dealkylation sites (N-methyl/N-ethyl adjacent to an activating group) is 2. The van der Waals surface area contributed by atoms with E-state index in [4.69, 9.17) is 9.47 Å². The fourth-order valence-corrected chi connectivity index (χ4v) is 3.06. The summed E-state index contributed by atoms with van der Waals surface area (Å²) < 4.78 is 10.7. The van der Waals surface area contributed by atoms with Crippen molar-refractivity contribution in [1.29, 1.82) is 0 Å². The van der Waals surface area contributed by atoms with Crippen molar-refractivity contribution in [2.75, 3.05) is 40.9 Å². The average molecular weight is 349 g/mol. The van der Waals surface area contributed by atoms with Crippen molar-refractivity contribution in [2.24, 2.45) is 5.41 Å². The predicted octanol–water partition coefficient (Wildman–Crippen LogP) is 0.890. The second-order valence-electron chi connectivity index (χ2n) is 7.04. The van der Waals surface area contributed by atoms with Crippen LogP contribution in [0.5, 0.6) is 11.5 Å². The van der Waals surface area contributed by atoms with Gasteiger partial charge in [0.1, 0.15) is 0 Å². The summed E-state index contributed by atoms with van der Waals surface area (Å²) in [6.07, 6.45) is 0. The highest BCUT2D eigenvalue weighted by Gasteiger charge is 2.38. The normalized spacial score (nSPS) is 19.3. The SMILES string of the molecule is CNC(=O)COc1ccc(C(=O)NC2CN(C)CC2(C)C)cc1OC. The monoisotopic (exact) mass is 349 g/mol. The minimum atomic E-state index is -0.239. The number of carbonyl (C=O) groups is 2. The summed E-state index contributed by atoms with van der Waals surface area (Å²) in [6.45, 7) is 5.95. The summed E-state index contributed by atoms with van der Waals surface area (Å²) in [7, 11) is 5.09. The van der Waals surface area contributed by atoms with E-state index in [9.17, 15) is 9.59 Å². The third kappa shape index (κ3) is 4.63. The molecule has 1 aliphatic heterocycles. The predicted molar refractivity (Wildman–Crippen MR) is 95.1 cm³/mol. The van der Waals surface area contributed by atoms with Gasteiger partial charge in [-0.2, -0.15) is 0 Å². The molecule has 7 nitrogen and oxygen atoms in total. The topological polar surface area (TPSA) is 79.9 Å². The Morgan fingerprint density at radius 3 is 2.60 bits per heavy atom. The number of hydrogen-bond donors (Lipinski definition) is 2. The first-order chi connectivity index (χ1) is 11.8. The van der Waals surface area contributed by atoms with Crippen LogP contribution >= 0.6 is 0 Å². The highest BCUT2D eigenvalue weighted by molar-refractivity contribution is 5.95. The van der Waals surface area contributed by atoms with Gasteiger partial charge in [0.05, 0.1) is 7.11 Å². The Kier molecular flexibility index (Phi) is 5.89. The van der Waals surface area contributed by atoms with Gasteiger partial charge in [-0.15, -0.1) is 0 Å². The van der Waals surface area contributed by atoms with Gasteiger partial charge in [0.25, 0.3) is 11.8 Å². The molecule has 1 heterocycles. The molecule has 0 aromatic heterocycles. The van der Waals surface area contributed by atoms with Gasteiger partial charge in [-0.05, 0) is 30.7 Å². The minimum absolute atomic E-state index is 0.0189. The first-order valence-electron chi connectivity index (χ1n) is 8.27. The van der Waals surface area contributed by atoms with Gasteiger partial charge in [-0.25, -0.2) is 0 Å². The van der Waals surface area contributed by atoms with E-state index in [1.54, 1.807) is 18.2 Å². The van der Waals surface area contributed by atoms with E-state index in [0.717, 1.165) is 13.1 Å². The summed E-state index contributed by atoms with van der Waals surface area (Å²) in [5.74, 6) is 0.448. The standard InChI is InChI=1S/C18H27N3O4/c1-18(2)11-21(4)9-15(18)20-17(23)12-6-7-13(14(8-12)24-5)25-10-16(22)19-3/h6-8,15H,9-11H2,1-5H3,(H,19,22)(H,20,23). The molecule has 1 aliphatic rings. The van der Waals surface area contributed by atoms with E-state index in [-0.39, 0.29) is 29.9 Å². The van der Waals surface area contributed by atoms with Crippen LogP contribution in [0.1, 0.15) is 24.2 Å². The van der Waals surface area contributed by atoms with Gasteiger partial charge in [0.15, 0.2) is 18.1 Å². The molecule has 1 saturated heterocycles. The van der Waals surface area contributed by atoms with Crippen LogP contribution in [0.3, 0.4) is 0 Å². The third-order valence-electron chi connectivity index (χ3n) is 4.48.